The number of hydrogen-bond acceptors (Lipinski definition) is 3. The van der Waals surface area contributed by atoms with E-state index in [9.17, 15) is 4.79 Å². The smallest absolute Gasteiger partial charge is 0.244 e. The summed E-state index contributed by atoms with van der Waals surface area (Å²) in [6.45, 7) is 4.86. The van der Waals surface area contributed by atoms with Gasteiger partial charge in [0.2, 0.25) is 5.91 Å². The van der Waals surface area contributed by atoms with E-state index >= 15 is 0 Å². The molecule has 1 aromatic rings. The Labute approximate surface area is 114 Å². The van der Waals surface area contributed by atoms with Gasteiger partial charge in [0.25, 0.3) is 0 Å². The molecular formula is C15H22N2O2. The second-order valence-corrected chi connectivity index (χ2v) is 5.37. The Bertz CT molecular complexity index is 465. The number of carbonyl (C=O) groups excluding carboxylic acids is 1. The van der Waals surface area contributed by atoms with Crippen molar-refractivity contribution in [2.45, 2.75) is 38.6 Å². The largest absolute Gasteiger partial charge is 0.495 e. The summed E-state index contributed by atoms with van der Waals surface area (Å²) in [5.74, 6) is 0.710. The van der Waals surface area contributed by atoms with Crippen LogP contribution in [0.5, 0.6) is 5.75 Å². The molecule has 0 saturated carbocycles. The van der Waals surface area contributed by atoms with Gasteiger partial charge in [-0.05, 0) is 57.4 Å². The van der Waals surface area contributed by atoms with Crippen molar-refractivity contribution >= 4 is 11.6 Å². The molecule has 1 unspecified atom stereocenters. The monoisotopic (exact) mass is 262 g/mol. The molecule has 0 spiro atoms. The Morgan fingerprint density at radius 3 is 2.84 bits per heavy atom. The molecule has 1 atom stereocenters. The summed E-state index contributed by atoms with van der Waals surface area (Å²) in [7, 11) is 1.62. The van der Waals surface area contributed by atoms with Gasteiger partial charge in [-0.1, -0.05) is 6.07 Å². The number of anilines is 1. The molecule has 0 aromatic heterocycles. The van der Waals surface area contributed by atoms with Crippen molar-refractivity contribution in [3.63, 3.8) is 0 Å². The van der Waals surface area contributed by atoms with Crippen LogP contribution in [-0.4, -0.2) is 25.1 Å². The van der Waals surface area contributed by atoms with Crippen LogP contribution in [0.1, 0.15) is 31.7 Å². The summed E-state index contributed by atoms with van der Waals surface area (Å²) in [6.07, 6.45) is 3.09. The summed E-state index contributed by atoms with van der Waals surface area (Å²) in [4.78, 5) is 12.4. The molecule has 4 nitrogen and oxygen atoms in total. The predicted octanol–water partition coefficient (Wildman–Crippen LogP) is 2.47. The van der Waals surface area contributed by atoms with Gasteiger partial charge in [0.05, 0.1) is 18.3 Å². The lowest BCUT2D eigenvalue weighted by Gasteiger charge is -2.33. The molecule has 1 aliphatic heterocycles. The number of piperidine rings is 1. The van der Waals surface area contributed by atoms with Crippen LogP contribution in [0, 0.1) is 6.92 Å². The molecule has 1 heterocycles. The zero-order chi connectivity index (χ0) is 13.9. The molecule has 2 rings (SSSR count). The van der Waals surface area contributed by atoms with Crippen LogP contribution in [0.2, 0.25) is 0 Å². The minimum absolute atomic E-state index is 0.00866. The molecule has 0 aliphatic carbocycles. The number of rotatable bonds is 3. The molecule has 104 valence electrons. The summed E-state index contributed by atoms with van der Waals surface area (Å²) >= 11 is 0. The van der Waals surface area contributed by atoms with Gasteiger partial charge in [-0.15, -0.1) is 0 Å². The molecule has 4 heteroatoms. The van der Waals surface area contributed by atoms with E-state index in [1.165, 1.54) is 0 Å². The molecule has 19 heavy (non-hydrogen) atoms. The van der Waals surface area contributed by atoms with Crippen molar-refractivity contribution < 1.29 is 9.53 Å². The summed E-state index contributed by atoms with van der Waals surface area (Å²) in [5, 5.41) is 6.28. The van der Waals surface area contributed by atoms with Crippen LogP contribution in [0.4, 0.5) is 5.69 Å². The van der Waals surface area contributed by atoms with Crippen LogP contribution in [0.25, 0.3) is 0 Å². The molecular weight excluding hydrogens is 240 g/mol. The number of aryl methyl sites for hydroxylation is 1. The van der Waals surface area contributed by atoms with Crippen molar-refractivity contribution in [3.8, 4) is 5.75 Å². The molecule has 0 bridgehead atoms. The molecule has 0 radical (unpaired) electrons. The average molecular weight is 262 g/mol. The molecule has 1 aliphatic rings. The summed E-state index contributed by atoms with van der Waals surface area (Å²) in [5.41, 5.74) is 1.36. The van der Waals surface area contributed by atoms with E-state index in [2.05, 4.69) is 10.6 Å². The zero-order valence-corrected chi connectivity index (χ0v) is 11.9. The van der Waals surface area contributed by atoms with Gasteiger partial charge in [-0.3, -0.25) is 4.79 Å². The first-order valence-electron chi connectivity index (χ1n) is 6.76. The number of hydrogen-bond donors (Lipinski definition) is 2. The maximum Gasteiger partial charge on any atom is 0.244 e. The average Bonchev–Trinajstić information content (AvgIpc) is 2.41. The highest BCUT2D eigenvalue weighted by Gasteiger charge is 2.34. The topological polar surface area (TPSA) is 50.4 Å². The molecule has 1 amide bonds. The molecule has 1 fully saturated rings. The number of amides is 1. The fraction of sp³-hybridized carbons (Fsp3) is 0.533. The van der Waals surface area contributed by atoms with Crippen LogP contribution >= 0.6 is 0 Å². The standard InChI is InChI=1S/C15H22N2O2/c1-11-6-7-12(13(10-11)19-3)17-14(18)15(2)8-4-5-9-16-15/h6-7,10,16H,4-5,8-9H2,1-3H3,(H,17,18). The highest BCUT2D eigenvalue weighted by Crippen LogP contribution is 2.27. The SMILES string of the molecule is COc1cc(C)ccc1NC(=O)C1(C)CCCCN1. The Morgan fingerprint density at radius 2 is 2.21 bits per heavy atom. The van der Waals surface area contributed by atoms with Crippen molar-refractivity contribution in [1.29, 1.82) is 0 Å². The third-order valence-corrected chi connectivity index (χ3v) is 3.73. The maximum absolute atomic E-state index is 12.4. The van der Waals surface area contributed by atoms with Crippen molar-refractivity contribution in [1.82, 2.24) is 5.32 Å². The van der Waals surface area contributed by atoms with E-state index in [1.807, 2.05) is 32.0 Å². The Balaban J connectivity index is 2.14. The van der Waals surface area contributed by atoms with Gasteiger partial charge >= 0.3 is 0 Å². The van der Waals surface area contributed by atoms with E-state index in [0.29, 0.717) is 5.75 Å². The van der Waals surface area contributed by atoms with Gasteiger partial charge in [0, 0.05) is 0 Å². The highest BCUT2D eigenvalue weighted by molar-refractivity contribution is 5.99. The third kappa shape index (κ3) is 3.07. The fourth-order valence-electron chi connectivity index (χ4n) is 2.41. The number of nitrogens with one attached hydrogen (secondary N) is 2. The van der Waals surface area contributed by atoms with Crippen molar-refractivity contribution in [2.75, 3.05) is 19.0 Å². The van der Waals surface area contributed by atoms with E-state index in [-0.39, 0.29) is 5.91 Å². The van der Waals surface area contributed by atoms with E-state index in [4.69, 9.17) is 4.74 Å². The van der Waals surface area contributed by atoms with E-state index < -0.39 is 5.54 Å². The van der Waals surface area contributed by atoms with Crippen molar-refractivity contribution in [2.24, 2.45) is 0 Å². The third-order valence-electron chi connectivity index (χ3n) is 3.73. The summed E-state index contributed by atoms with van der Waals surface area (Å²) in [6, 6.07) is 5.78. The minimum Gasteiger partial charge on any atom is -0.495 e. The number of carbonyl (C=O) groups is 1. The predicted molar refractivity (Wildman–Crippen MR) is 76.6 cm³/mol. The lowest BCUT2D eigenvalue weighted by atomic mass is 9.90. The Hall–Kier alpha value is -1.55. The number of ether oxygens (including phenoxy) is 1. The highest BCUT2D eigenvalue weighted by atomic mass is 16.5. The Morgan fingerprint density at radius 1 is 1.42 bits per heavy atom. The second-order valence-electron chi connectivity index (χ2n) is 5.37. The van der Waals surface area contributed by atoms with Crippen LogP contribution in [0.3, 0.4) is 0 Å². The van der Waals surface area contributed by atoms with Gasteiger partial charge in [0.1, 0.15) is 5.75 Å². The summed E-state index contributed by atoms with van der Waals surface area (Å²) < 4.78 is 5.31. The van der Waals surface area contributed by atoms with Gasteiger partial charge in [-0.2, -0.15) is 0 Å². The Kier molecular flexibility index (Phi) is 4.10. The minimum atomic E-state index is -0.478. The van der Waals surface area contributed by atoms with Crippen molar-refractivity contribution in [3.05, 3.63) is 23.8 Å². The van der Waals surface area contributed by atoms with Crippen LogP contribution < -0.4 is 15.4 Å². The van der Waals surface area contributed by atoms with Crippen LogP contribution in [-0.2, 0) is 4.79 Å². The number of benzene rings is 1. The van der Waals surface area contributed by atoms with E-state index in [0.717, 1.165) is 37.1 Å². The van der Waals surface area contributed by atoms with Gasteiger partial charge < -0.3 is 15.4 Å². The zero-order valence-electron chi connectivity index (χ0n) is 11.9. The fourth-order valence-corrected chi connectivity index (χ4v) is 2.41. The lowest BCUT2D eigenvalue weighted by molar-refractivity contribution is -0.122. The second kappa shape index (κ2) is 5.61. The maximum atomic E-state index is 12.4. The molecule has 1 aromatic carbocycles. The number of methoxy groups -OCH3 is 1. The normalized spacial score (nSPS) is 22.9. The first kappa shape index (κ1) is 13.9. The van der Waals surface area contributed by atoms with Gasteiger partial charge in [-0.25, -0.2) is 0 Å². The molecule has 2 N–H and O–H groups in total. The lowest BCUT2D eigenvalue weighted by Crippen LogP contribution is -2.54. The van der Waals surface area contributed by atoms with Crippen LogP contribution in [0.15, 0.2) is 18.2 Å². The quantitative estimate of drug-likeness (QED) is 0.880. The molecule has 1 saturated heterocycles. The first-order chi connectivity index (χ1) is 9.05. The van der Waals surface area contributed by atoms with Gasteiger partial charge in [0.15, 0.2) is 0 Å². The first-order valence-corrected chi connectivity index (χ1v) is 6.76. The van der Waals surface area contributed by atoms with E-state index in [1.54, 1.807) is 7.11 Å².